The Balaban J connectivity index is 2.05. The number of alkyl halides is 3. The van der Waals surface area contributed by atoms with Crippen LogP contribution in [0.4, 0.5) is 13.2 Å². The number of carbonyl (C=O) groups excluding carboxylic acids is 1. The molecule has 1 fully saturated rings. The third-order valence-corrected chi connectivity index (χ3v) is 4.00. The van der Waals surface area contributed by atoms with Crippen molar-refractivity contribution >= 4 is 5.91 Å². The molecule has 0 spiro atoms. The van der Waals surface area contributed by atoms with Gasteiger partial charge >= 0.3 is 6.18 Å². The van der Waals surface area contributed by atoms with Crippen LogP contribution in [0, 0.1) is 5.41 Å². The lowest BCUT2D eigenvalue weighted by Crippen LogP contribution is -2.40. The maximum absolute atomic E-state index is 12.6. The van der Waals surface area contributed by atoms with E-state index >= 15 is 0 Å². The number of rotatable bonds is 5. The molecule has 1 aliphatic carbocycles. The second-order valence-corrected chi connectivity index (χ2v) is 6.00. The van der Waals surface area contributed by atoms with Gasteiger partial charge in [0.2, 0.25) is 5.88 Å². The van der Waals surface area contributed by atoms with E-state index in [9.17, 15) is 18.0 Å². The number of amides is 1. The summed E-state index contributed by atoms with van der Waals surface area (Å²) in [5, 5.41) is 2.75. The average Bonchev–Trinajstić information content (AvgIpc) is 2.42. The normalized spacial score (nSPS) is 18.2. The Kier molecular flexibility index (Phi) is 4.63. The summed E-state index contributed by atoms with van der Waals surface area (Å²) in [6.07, 6.45) is -2.04. The minimum Gasteiger partial charge on any atom is -0.464 e. The first kappa shape index (κ1) is 16.6. The van der Waals surface area contributed by atoms with E-state index in [2.05, 4.69) is 17.2 Å². The Morgan fingerprint density at radius 2 is 2.18 bits per heavy atom. The largest absolute Gasteiger partial charge is 0.464 e. The zero-order chi connectivity index (χ0) is 16.4. The Morgan fingerprint density at radius 1 is 1.50 bits per heavy atom. The molecule has 2 rings (SSSR count). The van der Waals surface area contributed by atoms with E-state index in [0.29, 0.717) is 6.54 Å². The van der Waals surface area contributed by atoms with E-state index in [4.69, 9.17) is 4.74 Å². The van der Waals surface area contributed by atoms with Crippen LogP contribution in [-0.2, 0) is 0 Å². The molecular formula is C15H19F3N2O2. The van der Waals surface area contributed by atoms with Gasteiger partial charge in [-0.1, -0.05) is 13.3 Å². The Hall–Kier alpha value is -1.79. The molecular weight excluding hydrogens is 297 g/mol. The lowest BCUT2D eigenvalue weighted by molar-refractivity contribution is -0.190. The summed E-state index contributed by atoms with van der Waals surface area (Å²) in [5.74, 6) is -0.769. The zero-order valence-corrected chi connectivity index (χ0v) is 12.5. The Morgan fingerprint density at radius 3 is 2.73 bits per heavy atom. The highest BCUT2D eigenvalue weighted by Gasteiger charge is 2.39. The van der Waals surface area contributed by atoms with Crippen molar-refractivity contribution < 1.29 is 22.7 Å². The highest BCUT2D eigenvalue weighted by molar-refractivity contribution is 5.96. The molecule has 0 unspecified atom stereocenters. The van der Waals surface area contributed by atoms with Crippen LogP contribution in [0.1, 0.15) is 43.5 Å². The van der Waals surface area contributed by atoms with Crippen LogP contribution in [0.3, 0.4) is 0 Å². The van der Waals surface area contributed by atoms with Crippen LogP contribution in [0.25, 0.3) is 0 Å². The van der Waals surface area contributed by atoms with Crippen LogP contribution >= 0.6 is 0 Å². The molecule has 1 aliphatic rings. The van der Waals surface area contributed by atoms with Crippen molar-refractivity contribution in [3.63, 3.8) is 0 Å². The summed E-state index contributed by atoms with van der Waals surface area (Å²) in [5.41, 5.74) is 0.0968. The molecule has 4 nitrogen and oxygen atoms in total. The first-order valence-corrected chi connectivity index (χ1v) is 7.18. The summed E-state index contributed by atoms with van der Waals surface area (Å²) in [6, 6.07) is 2.90. The van der Waals surface area contributed by atoms with E-state index in [0.717, 1.165) is 26.2 Å². The highest BCUT2D eigenvalue weighted by atomic mass is 19.4. The van der Waals surface area contributed by atoms with Crippen molar-refractivity contribution in [3.05, 3.63) is 23.9 Å². The third-order valence-electron chi connectivity index (χ3n) is 4.00. The van der Waals surface area contributed by atoms with E-state index in [1.165, 1.54) is 18.3 Å². The topological polar surface area (TPSA) is 51.2 Å². The molecule has 1 N–H and O–H groups in total. The molecule has 0 bridgehead atoms. The highest BCUT2D eigenvalue weighted by Crippen LogP contribution is 2.39. The van der Waals surface area contributed by atoms with Gasteiger partial charge in [-0.05, 0) is 37.3 Å². The number of aromatic nitrogens is 1. The fourth-order valence-corrected chi connectivity index (χ4v) is 2.24. The van der Waals surface area contributed by atoms with Gasteiger partial charge in [0, 0.05) is 12.7 Å². The number of carbonyl (C=O) groups is 1. The minimum atomic E-state index is -4.51. The number of pyridine rings is 1. The molecule has 1 aromatic rings. The molecule has 1 saturated carbocycles. The molecule has 0 radical (unpaired) electrons. The summed E-state index contributed by atoms with van der Waals surface area (Å²) >= 11 is 0. The minimum absolute atomic E-state index is 0.0153. The van der Waals surface area contributed by atoms with Crippen LogP contribution in [0.15, 0.2) is 18.3 Å². The van der Waals surface area contributed by atoms with Crippen LogP contribution in [0.2, 0.25) is 0 Å². The van der Waals surface area contributed by atoms with Crippen LogP contribution in [-0.4, -0.2) is 29.7 Å². The van der Waals surface area contributed by atoms with Crippen molar-refractivity contribution in [2.24, 2.45) is 5.41 Å². The maximum Gasteiger partial charge on any atom is 0.425 e. The SMILES string of the molecule is C[C@@H](Oc1ncccc1C(=O)NCC1(C)CCC1)C(F)(F)F. The molecule has 0 saturated heterocycles. The maximum atomic E-state index is 12.6. The van der Waals surface area contributed by atoms with Gasteiger partial charge in [0.15, 0.2) is 6.10 Å². The molecule has 0 aliphatic heterocycles. The molecule has 7 heteroatoms. The molecule has 1 atom stereocenters. The van der Waals surface area contributed by atoms with Crippen LogP contribution < -0.4 is 10.1 Å². The van der Waals surface area contributed by atoms with Gasteiger partial charge in [0.25, 0.3) is 5.91 Å². The lowest BCUT2D eigenvalue weighted by Gasteiger charge is -2.38. The number of nitrogens with one attached hydrogen (secondary N) is 1. The van der Waals surface area contributed by atoms with Gasteiger partial charge in [-0.15, -0.1) is 0 Å². The molecule has 122 valence electrons. The number of hydrogen-bond donors (Lipinski definition) is 1. The predicted octanol–water partition coefficient (Wildman–Crippen LogP) is 3.33. The summed E-state index contributed by atoms with van der Waals surface area (Å²) in [4.78, 5) is 15.9. The van der Waals surface area contributed by atoms with Gasteiger partial charge in [-0.3, -0.25) is 4.79 Å². The third kappa shape index (κ3) is 3.90. The average molecular weight is 316 g/mol. The molecule has 1 aromatic heterocycles. The fraction of sp³-hybridized carbons (Fsp3) is 0.600. The number of hydrogen-bond acceptors (Lipinski definition) is 3. The van der Waals surface area contributed by atoms with E-state index in [1.54, 1.807) is 0 Å². The van der Waals surface area contributed by atoms with Crippen molar-refractivity contribution in [1.82, 2.24) is 10.3 Å². The van der Waals surface area contributed by atoms with Gasteiger partial charge in [0.1, 0.15) is 5.56 Å². The molecule has 1 heterocycles. The smallest absolute Gasteiger partial charge is 0.425 e. The second-order valence-electron chi connectivity index (χ2n) is 6.00. The second kappa shape index (κ2) is 6.14. The first-order valence-electron chi connectivity index (χ1n) is 7.18. The molecule has 1 amide bonds. The summed E-state index contributed by atoms with van der Waals surface area (Å²) in [6.45, 7) is 3.45. The van der Waals surface area contributed by atoms with Gasteiger partial charge in [-0.2, -0.15) is 13.2 Å². The van der Waals surface area contributed by atoms with Gasteiger partial charge in [0.05, 0.1) is 0 Å². The van der Waals surface area contributed by atoms with Crippen molar-refractivity contribution in [1.29, 1.82) is 0 Å². The lowest BCUT2D eigenvalue weighted by atomic mass is 9.70. The first-order chi connectivity index (χ1) is 10.2. The molecule has 0 aromatic carbocycles. The van der Waals surface area contributed by atoms with E-state index in [1.807, 2.05) is 0 Å². The van der Waals surface area contributed by atoms with Crippen LogP contribution in [0.5, 0.6) is 5.88 Å². The Labute approximate surface area is 127 Å². The van der Waals surface area contributed by atoms with E-state index in [-0.39, 0.29) is 16.9 Å². The summed E-state index contributed by atoms with van der Waals surface area (Å²) in [7, 11) is 0. The van der Waals surface area contributed by atoms with Gasteiger partial charge < -0.3 is 10.1 Å². The van der Waals surface area contributed by atoms with Gasteiger partial charge in [-0.25, -0.2) is 4.98 Å². The monoisotopic (exact) mass is 316 g/mol. The zero-order valence-electron chi connectivity index (χ0n) is 12.5. The quantitative estimate of drug-likeness (QED) is 0.906. The number of halogens is 3. The fourth-order valence-electron chi connectivity index (χ4n) is 2.24. The van der Waals surface area contributed by atoms with E-state index < -0.39 is 18.2 Å². The number of nitrogens with zero attached hydrogens (tertiary/aromatic N) is 1. The number of ether oxygens (including phenoxy) is 1. The predicted molar refractivity (Wildman–Crippen MR) is 74.7 cm³/mol. The molecule has 22 heavy (non-hydrogen) atoms. The Bertz CT molecular complexity index is 542. The van der Waals surface area contributed by atoms with Crippen molar-refractivity contribution in [2.45, 2.75) is 45.4 Å². The summed E-state index contributed by atoms with van der Waals surface area (Å²) < 4.78 is 42.5. The van der Waals surface area contributed by atoms with Crippen molar-refractivity contribution in [3.8, 4) is 5.88 Å². The van der Waals surface area contributed by atoms with Crippen molar-refractivity contribution in [2.75, 3.05) is 6.54 Å². The standard InChI is InChI=1S/C15H19F3N2O2/c1-10(15(16,17)18)22-13-11(5-3-8-19-13)12(21)20-9-14(2)6-4-7-14/h3,5,8,10H,4,6-7,9H2,1-2H3,(H,20,21)/t10-/m1/s1.